The first kappa shape index (κ1) is 23.0. The third-order valence-electron chi connectivity index (χ3n) is 8.01. The summed E-state index contributed by atoms with van der Waals surface area (Å²) in [6.07, 6.45) is 3.68. The van der Waals surface area contributed by atoms with E-state index < -0.39 is 17.2 Å². The van der Waals surface area contributed by atoms with Gasteiger partial charge in [0.05, 0.1) is 6.42 Å². The monoisotopic (exact) mass is 468 g/mol. The molecule has 0 spiro atoms. The van der Waals surface area contributed by atoms with Crippen molar-refractivity contribution in [1.29, 1.82) is 0 Å². The van der Waals surface area contributed by atoms with E-state index in [1.165, 1.54) is 12.1 Å². The Hall–Kier alpha value is -2.80. The zero-order chi connectivity index (χ0) is 23.9. The molecule has 2 aliphatic carbocycles. The molecule has 2 aromatic carbocycles. The summed E-state index contributed by atoms with van der Waals surface area (Å²) in [6, 6.07) is 12.4. The molecule has 1 saturated heterocycles. The molecule has 3 fully saturated rings. The summed E-state index contributed by atoms with van der Waals surface area (Å²) in [7, 11) is 0. The summed E-state index contributed by atoms with van der Waals surface area (Å²) >= 11 is 0. The SMILES string of the molecule is O=C(Cc1cc(F)cc(F)c1)N1CC2C(CNC(=O)C(O)(c3ccccc3)C3CCCC3)C2C1. The average molecular weight is 469 g/mol. The number of carbonyl (C=O) groups excluding carboxylic acids is 2. The fraction of sp³-hybridized carbons (Fsp3) is 0.481. The lowest BCUT2D eigenvalue weighted by Gasteiger charge is -2.33. The van der Waals surface area contributed by atoms with Gasteiger partial charge in [0.25, 0.3) is 5.91 Å². The van der Waals surface area contributed by atoms with E-state index in [9.17, 15) is 23.5 Å². The summed E-state index contributed by atoms with van der Waals surface area (Å²) in [5.74, 6) is -1.03. The van der Waals surface area contributed by atoms with E-state index in [0.29, 0.717) is 42.6 Å². The summed E-state index contributed by atoms with van der Waals surface area (Å²) in [6.45, 7) is 1.66. The number of fused-ring (bicyclic) bond motifs is 1. The first-order chi connectivity index (χ1) is 16.4. The van der Waals surface area contributed by atoms with Crippen molar-refractivity contribution in [2.75, 3.05) is 19.6 Å². The molecule has 3 atom stereocenters. The van der Waals surface area contributed by atoms with Gasteiger partial charge < -0.3 is 15.3 Å². The van der Waals surface area contributed by atoms with Crippen LogP contribution in [0.3, 0.4) is 0 Å². The number of nitrogens with zero attached hydrogens (tertiary/aromatic N) is 1. The fourth-order valence-corrected chi connectivity index (χ4v) is 6.09. The van der Waals surface area contributed by atoms with Gasteiger partial charge in [-0.15, -0.1) is 0 Å². The van der Waals surface area contributed by atoms with Gasteiger partial charge in [-0.3, -0.25) is 9.59 Å². The Morgan fingerprint density at radius 3 is 2.24 bits per heavy atom. The van der Waals surface area contributed by atoms with Crippen LogP contribution >= 0.6 is 0 Å². The number of piperidine rings is 1. The second-order valence-electron chi connectivity index (χ2n) is 10.1. The van der Waals surface area contributed by atoms with E-state index in [2.05, 4.69) is 5.32 Å². The standard InChI is InChI=1S/C27H30F2N2O3/c28-20-10-17(11-21(29)13-20)12-25(32)31-15-23-22(24(23)16-31)14-30-26(33)27(34,19-8-4-5-9-19)18-6-2-1-3-7-18/h1-3,6-7,10-11,13,19,22-24,34H,4-5,8-9,12,14-16H2,(H,30,33). The minimum atomic E-state index is -1.52. The highest BCUT2D eigenvalue weighted by atomic mass is 19.1. The van der Waals surface area contributed by atoms with Crippen molar-refractivity contribution in [2.24, 2.45) is 23.7 Å². The number of rotatable bonds is 7. The maximum atomic E-state index is 13.4. The molecule has 5 nitrogen and oxygen atoms in total. The van der Waals surface area contributed by atoms with E-state index in [1.807, 2.05) is 30.3 Å². The zero-order valence-corrected chi connectivity index (χ0v) is 19.1. The van der Waals surface area contributed by atoms with Crippen LogP contribution in [0, 0.1) is 35.3 Å². The predicted molar refractivity (Wildman–Crippen MR) is 122 cm³/mol. The summed E-state index contributed by atoms with van der Waals surface area (Å²) < 4.78 is 26.8. The second-order valence-corrected chi connectivity index (χ2v) is 10.1. The minimum absolute atomic E-state index is 0.0268. The highest BCUT2D eigenvalue weighted by Crippen LogP contribution is 2.51. The third-order valence-corrected chi connectivity index (χ3v) is 8.01. The van der Waals surface area contributed by atoms with Gasteiger partial charge in [-0.25, -0.2) is 8.78 Å². The van der Waals surface area contributed by atoms with E-state index in [-0.39, 0.29) is 30.1 Å². The maximum absolute atomic E-state index is 13.4. The predicted octanol–water partition coefficient (Wildman–Crippen LogP) is 3.41. The van der Waals surface area contributed by atoms with Crippen molar-refractivity contribution >= 4 is 11.8 Å². The number of aliphatic hydroxyl groups is 1. The molecule has 2 amide bonds. The highest BCUT2D eigenvalue weighted by Gasteiger charge is 2.56. The maximum Gasteiger partial charge on any atom is 0.256 e. The highest BCUT2D eigenvalue weighted by molar-refractivity contribution is 5.87. The Labute approximate surface area is 198 Å². The normalized spacial score (nSPS) is 25.6. The lowest BCUT2D eigenvalue weighted by atomic mass is 9.79. The van der Waals surface area contributed by atoms with Gasteiger partial charge >= 0.3 is 0 Å². The Kier molecular flexibility index (Phi) is 6.15. The number of nitrogens with one attached hydrogen (secondary N) is 1. The number of likely N-dealkylation sites (tertiary alicyclic amines) is 1. The average Bonchev–Trinajstić information content (AvgIpc) is 3.22. The van der Waals surface area contributed by atoms with E-state index in [4.69, 9.17) is 0 Å². The Morgan fingerprint density at radius 2 is 1.62 bits per heavy atom. The number of benzene rings is 2. The fourth-order valence-electron chi connectivity index (χ4n) is 6.09. The van der Waals surface area contributed by atoms with Gasteiger partial charge in [0.1, 0.15) is 11.6 Å². The van der Waals surface area contributed by atoms with E-state index in [1.54, 1.807) is 4.90 Å². The van der Waals surface area contributed by atoms with E-state index >= 15 is 0 Å². The van der Waals surface area contributed by atoms with Crippen molar-refractivity contribution in [2.45, 2.75) is 37.7 Å². The first-order valence-corrected chi connectivity index (χ1v) is 12.1. The van der Waals surface area contributed by atoms with Crippen LogP contribution in [0.15, 0.2) is 48.5 Å². The minimum Gasteiger partial charge on any atom is -0.375 e. The van der Waals surface area contributed by atoms with Crippen LogP contribution in [0.1, 0.15) is 36.8 Å². The molecule has 2 saturated carbocycles. The van der Waals surface area contributed by atoms with Crippen molar-refractivity contribution in [1.82, 2.24) is 10.2 Å². The number of halogens is 2. The van der Waals surface area contributed by atoms with Crippen molar-refractivity contribution in [3.63, 3.8) is 0 Å². The molecule has 2 aromatic rings. The molecular formula is C27H30F2N2O3. The van der Waals surface area contributed by atoms with Crippen LogP contribution in [0.25, 0.3) is 0 Å². The molecule has 7 heteroatoms. The lowest BCUT2D eigenvalue weighted by Crippen LogP contribution is -2.49. The molecule has 2 N–H and O–H groups in total. The van der Waals surface area contributed by atoms with Gasteiger partial charge in [0.15, 0.2) is 5.60 Å². The van der Waals surface area contributed by atoms with Gasteiger partial charge in [-0.05, 0) is 53.9 Å². The lowest BCUT2D eigenvalue weighted by molar-refractivity contribution is -0.147. The Morgan fingerprint density at radius 1 is 1.00 bits per heavy atom. The summed E-state index contributed by atoms with van der Waals surface area (Å²) in [5.41, 5.74) is -0.552. The quantitative estimate of drug-likeness (QED) is 0.655. The van der Waals surface area contributed by atoms with Crippen LogP contribution in [0.4, 0.5) is 8.78 Å². The van der Waals surface area contributed by atoms with Crippen molar-refractivity contribution < 1.29 is 23.5 Å². The van der Waals surface area contributed by atoms with Gasteiger partial charge in [0.2, 0.25) is 5.91 Å². The largest absolute Gasteiger partial charge is 0.375 e. The molecule has 0 bridgehead atoms. The van der Waals surface area contributed by atoms with Crippen LogP contribution < -0.4 is 5.32 Å². The molecule has 1 heterocycles. The number of amides is 2. The molecule has 34 heavy (non-hydrogen) atoms. The molecule has 0 aromatic heterocycles. The zero-order valence-electron chi connectivity index (χ0n) is 19.1. The molecular weight excluding hydrogens is 438 g/mol. The first-order valence-electron chi connectivity index (χ1n) is 12.1. The Bertz CT molecular complexity index is 1040. The smallest absolute Gasteiger partial charge is 0.256 e. The summed E-state index contributed by atoms with van der Waals surface area (Å²) in [4.78, 5) is 27.6. The number of hydrogen-bond acceptors (Lipinski definition) is 3. The Balaban J connectivity index is 1.15. The summed E-state index contributed by atoms with van der Waals surface area (Å²) in [5, 5.41) is 14.6. The molecule has 0 radical (unpaired) electrons. The van der Waals surface area contributed by atoms with Crippen molar-refractivity contribution in [3.05, 3.63) is 71.3 Å². The van der Waals surface area contributed by atoms with Crippen LogP contribution in [0.2, 0.25) is 0 Å². The van der Waals surface area contributed by atoms with Gasteiger partial charge in [0, 0.05) is 31.6 Å². The molecule has 5 rings (SSSR count). The van der Waals surface area contributed by atoms with Gasteiger partial charge in [-0.1, -0.05) is 43.2 Å². The molecule has 1 aliphatic heterocycles. The van der Waals surface area contributed by atoms with Crippen LogP contribution in [-0.2, 0) is 21.6 Å². The number of hydrogen-bond donors (Lipinski definition) is 2. The molecule has 3 unspecified atom stereocenters. The van der Waals surface area contributed by atoms with Crippen molar-refractivity contribution in [3.8, 4) is 0 Å². The number of carbonyl (C=O) groups is 2. The topological polar surface area (TPSA) is 69.6 Å². The third kappa shape index (κ3) is 4.33. The van der Waals surface area contributed by atoms with Crippen LogP contribution in [-0.4, -0.2) is 41.5 Å². The van der Waals surface area contributed by atoms with E-state index in [0.717, 1.165) is 31.7 Å². The van der Waals surface area contributed by atoms with Crippen LogP contribution in [0.5, 0.6) is 0 Å². The molecule has 180 valence electrons. The van der Waals surface area contributed by atoms with Gasteiger partial charge in [-0.2, -0.15) is 0 Å². The molecule has 3 aliphatic rings. The second kappa shape index (κ2) is 9.10.